The zero-order valence-electron chi connectivity index (χ0n) is 17.2. The Kier molecular flexibility index (Phi) is 4.52. The van der Waals surface area contributed by atoms with Crippen LogP contribution in [0.5, 0.6) is 0 Å². The van der Waals surface area contributed by atoms with Crippen LogP contribution in [0.15, 0.2) is 24.3 Å². The first-order chi connectivity index (χ1) is 13.8. The Morgan fingerprint density at radius 1 is 1.34 bits per heavy atom. The summed E-state index contributed by atoms with van der Waals surface area (Å²) < 4.78 is 37.0. The van der Waals surface area contributed by atoms with Crippen molar-refractivity contribution in [1.82, 2.24) is 23.5 Å². The van der Waals surface area contributed by atoms with Crippen LogP contribution in [0.3, 0.4) is 0 Å². The maximum atomic E-state index is 12.2. The maximum Gasteiger partial charge on any atom is 0.278 e. The second-order valence-electron chi connectivity index (χ2n) is 8.91. The van der Waals surface area contributed by atoms with Gasteiger partial charge >= 0.3 is 0 Å². The van der Waals surface area contributed by atoms with E-state index in [-0.39, 0.29) is 17.6 Å². The van der Waals surface area contributed by atoms with Gasteiger partial charge in [0.2, 0.25) is 0 Å². The zero-order chi connectivity index (χ0) is 20.4. The van der Waals surface area contributed by atoms with E-state index >= 15 is 0 Å². The molecular formula is C20H29N5O3S. The first kappa shape index (κ1) is 19.4. The molecular weight excluding hydrogens is 390 g/mol. The van der Waals surface area contributed by atoms with Crippen LogP contribution in [-0.2, 0) is 28.5 Å². The number of aryl methyl sites for hydroxylation is 1. The number of hydrogen-bond acceptors (Lipinski definition) is 5. The highest BCUT2D eigenvalue weighted by Gasteiger charge is 2.62. The van der Waals surface area contributed by atoms with Crippen molar-refractivity contribution in [3.63, 3.8) is 0 Å². The molecule has 0 saturated carbocycles. The number of rotatable bonds is 6. The van der Waals surface area contributed by atoms with Crippen molar-refractivity contribution in [3.05, 3.63) is 30.1 Å². The van der Waals surface area contributed by atoms with Crippen molar-refractivity contribution in [2.24, 2.45) is 18.9 Å². The number of ether oxygens (including phenoxy) is 1. The Bertz CT molecular complexity index is 1040. The minimum Gasteiger partial charge on any atom is -0.370 e. The van der Waals surface area contributed by atoms with Crippen LogP contribution in [-0.4, -0.2) is 72.6 Å². The predicted octanol–water partition coefficient (Wildman–Crippen LogP) is 0.949. The summed E-state index contributed by atoms with van der Waals surface area (Å²) in [5.74, 6) is 1.65. The average Bonchev–Trinajstić information content (AvgIpc) is 3.39. The van der Waals surface area contributed by atoms with E-state index in [2.05, 4.69) is 27.3 Å². The predicted molar refractivity (Wildman–Crippen MR) is 110 cm³/mol. The summed E-state index contributed by atoms with van der Waals surface area (Å²) in [7, 11) is 1.76. The Balaban J connectivity index is 1.32. The standard InChI is InChI=1S/C20H29N5O3S/c1-23(2)29(26,27)21-10-14-15-11-25(13-20(15)9-8-18(14)28-20)12-19-22-16-6-4-5-7-17(16)24(19)3/h4-7,14-15,18,21H,8-13H2,1-3H3/t14-,15+,18+,20+/m0/s1. The van der Waals surface area contributed by atoms with E-state index in [0.29, 0.717) is 12.5 Å². The Hall–Kier alpha value is -1.52. The Morgan fingerprint density at radius 2 is 2.14 bits per heavy atom. The molecule has 0 radical (unpaired) electrons. The van der Waals surface area contributed by atoms with E-state index in [1.807, 2.05) is 18.2 Å². The molecule has 5 rings (SSSR count). The van der Waals surface area contributed by atoms with Gasteiger partial charge < -0.3 is 9.30 Å². The number of nitrogens with zero attached hydrogens (tertiary/aromatic N) is 4. The highest BCUT2D eigenvalue weighted by Crippen LogP contribution is 2.54. The van der Waals surface area contributed by atoms with Gasteiger partial charge in [-0.1, -0.05) is 12.1 Å². The molecule has 29 heavy (non-hydrogen) atoms. The fraction of sp³-hybridized carbons (Fsp3) is 0.650. The summed E-state index contributed by atoms with van der Waals surface area (Å²) in [6.45, 7) is 3.05. The van der Waals surface area contributed by atoms with Gasteiger partial charge in [0, 0.05) is 52.6 Å². The first-order valence-electron chi connectivity index (χ1n) is 10.3. The normalized spacial score (nSPS) is 31.9. The molecule has 0 unspecified atom stereocenters. The molecule has 3 saturated heterocycles. The van der Waals surface area contributed by atoms with Crippen LogP contribution < -0.4 is 4.72 Å². The highest BCUT2D eigenvalue weighted by molar-refractivity contribution is 7.87. The second-order valence-corrected chi connectivity index (χ2v) is 10.9. The second kappa shape index (κ2) is 6.75. The molecule has 1 aromatic heterocycles. The zero-order valence-corrected chi connectivity index (χ0v) is 18.0. The van der Waals surface area contributed by atoms with Crippen molar-refractivity contribution in [2.45, 2.75) is 31.1 Å². The van der Waals surface area contributed by atoms with Gasteiger partial charge in [-0.25, -0.2) is 9.71 Å². The number of benzene rings is 1. The number of aromatic nitrogens is 2. The van der Waals surface area contributed by atoms with Crippen molar-refractivity contribution >= 4 is 21.2 Å². The highest BCUT2D eigenvalue weighted by atomic mass is 32.2. The number of likely N-dealkylation sites (tertiary alicyclic amines) is 1. The van der Waals surface area contributed by atoms with E-state index in [0.717, 1.165) is 49.3 Å². The molecule has 1 spiro atoms. The van der Waals surface area contributed by atoms with Gasteiger partial charge in [-0.3, -0.25) is 4.90 Å². The minimum absolute atomic E-state index is 0.122. The Morgan fingerprint density at radius 3 is 2.90 bits per heavy atom. The summed E-state index contributed by atoms with van der Waals surface area (Å²) in [6, 6.07) is 8.21. The molecule has 4 heterocycles. The molecule has 158 valence electrons. The summed E-state index contributed by atoms with van der Waals surface area (Å²) in [5, 5.41) is 0. The quantitative estimate of drug-likeness (QED) is 0.754. The van der Waals surface area contributed by atoms with E-state index in [9.17, 15) is 8.42 Å². The summed E-state index contributed by atoms with van der Waals surface area (Å²) in [5.41, 5.74) is 2.05. The molecule has 8 nitrogen and oxygen atoms in total. The van der Waals surface area contributed by atoms with Crippen LogP contribution in [0.1, 0.15) is 18.7 Å². The van der Waals surface area contributed by atoms with Crippen LogP contribution in [0.4, 0.5) is 0 Å². The van der Waals surface area contributed by atoms with E-state index in [1.54, 1.807) is 14.1 Å². The molecule has 9 heteroatoms. The first-order valence-corrected chi connectivity index (χ1v) is 11.7. The third-order valence-corrected chi connectivity index (χ3v) is 8.57. The van der Waals surface area contributed by atoms with Crippen molar-refractivity contribution in [2.75, 3.05) is 33.7 Å². The molecule has 1 aromatic carbocycles. The van der Waals surface area contributed by atoms with E-state index in [4.69, 9.17) is 9.72 Å². The summed E-state index contributed by atoms with van der Waals surface area (Å²) in [6.07, 6.45) is 2.26. The van der Waals surface area contributed by atoms with Crippen LogP contribution in [0.2, 0.25) is 0 Å². The average molecular weight is 420 g/mol. The molecule has 4 atom stereocenters. The fourth-order valence-corrected chi connectivity index (χ4v) is 6.21. The largest absolute Gasteiger partial charge is 0.370 e. The minimum atomic E-state index is -3.42. The molecule has 2 bridgehead atoms. The topological polar surface area (TPSA) is 79.7 Å². The molecule has 1 N–H and O–H groups in total. The number of hydrogen-bond donors (Lipinski definition) is 1. The number of para-hydroxylation sites is 2. The van der Waals surface area contributed by atoms with Crippen LogP contribution in [0.25, 0.3) is 11.0 Å². The lowest BCUT2D eigenvalue weighted by atomic mass is 9.74. The van der Waals surface area contributed by atoms with Gasteiger partial charge in [0.1, 0.15) is 5.82 Å². The summed E-state index contributed by atoms with van der Waals surface area (Å²) >= 11 is 0. The molecule has 3 aliphatic rings. The van der Waals surface area contributed by atoms with E-state index < -0.39 is 10.2 Å². The SMILES string of the molecule is CN(C)S(=O)(=O)NC[C@H]1[C@H]2CN(Cc3nc4ccccc4n3C)C[C@]23CC[C@H]1O3. The van der Waals surface area contributed by atoms with Gasteiger partial charge in [-0.2, -0.15) is 12.7 Å². The smallest absolute Gasteiger partial charge is 0.278 e. The number of nitrogens with one attached hydrogen (secondary N) is 1. The van der Waals surface area contributed by atoms with Crippen molar-refractivity contribution < 1.29 is 13.2 Å². The number of fused-ring (bicyclic) bond motifs is 2. The Labute approximate surface area is 172 Å². The molecule has 2 aromatic rings. The molecule has 0 amide bonds. The van der Waals surface area contributed by atoms with Gasteiger partial charge in [0.05, 0.1) is 29.3 Å². The summed E-state index contributed by atoms with van der Waals surface area (Å²) in [4.78, 5) is 7.25. The third-order valence-electron chi connectivity index (χ3n) is 7.08. The van der Waals surface area contributed by atoms with Gasteiger partial charge in [0.25, 0.3) is 10.2 Å². The molecule has 3 fully saturated rings. The molecule has 0 aliphatic carbocycles. The molecule has 3 aliphatic heterocycles. The van der Waals surface area contributed by atoms with Crippen molar-refractivity contribution in [1.29, 1.82) is 0 Å². The lowest BCUT2D eigenvalue weighted by Crippen LogP contribution is -2.44. The number of imidazole rings is 1. The van der Waals surface area contributed by atoms with E-state index in [1.165, 1.54) is 4.31 Å². The van der Waals surface area contributed by atoms with Gasteiger partial charge in [-0.15, -0.1) is 0 Å². The monoisotopic (exact) mass is 419 g/mol. The lowest BCUT2D eigenvalue weighted by Gasteiger charge is -2.29. The van der Waals surface area contributed by atoms with Gasteiger partial charge in [-0.05, 0) is 25.0 Å². The van der Waals surface area contributed by atoms with Crippen LogP contribution >= 0.6 is 0 Å². The lowest BCUT2D eigenvalue weighted by molar-refractivity contribution is 0.00196. The van der Waals surface area contributed by atoms with Crippen LogP contribution in [0, 0.1) is 11.8 Å². The maximum absolute atomic E-state index is 12.2. The third kappa shape index (κ3) is 3.11. The van der Waals surface area contributed by atoms with Gasteiger partial charge in [0.15, 0.2) is 0 Å². The van der Waals surface area contributed by atoms with Crippen molar-refractivity contribution in [3.8, 4) is 0 Å². The fourth-order valence-electron chi connectivity index (χ4n) is 5.55.